The number of ether oxygens (including phenoxy) is 2. The SMILES string of the molecule is COC1CC(C)C(O)C(O)C1.CSC1OC(CO)C(O)C(O)C1O.[W].[W].[W].[W].[W].[W]. The molecule has 2 fully saturated rings. The van der Waals surface area contributed by atoms with Crippen molar-refractivity contribution in [3.63, 3.8) is 0 Å². The van der Waals surface area contributed by atoms with E-state index >= 15 is 0 Å². The molecule has 6 N–H and O–H groups in total. The average Bonchev–Trinajstić information content (AvgIpc) is 2.58. The van der Waals surface area contributed by atoms with Gasteiger partial charge in [-0.2, -0.15) is 0 Å². The molecular formula is C15H30O8SW6. The number of thioether (sulfide) groups is 1. The number of hydrogen-bond donors (Lipinski definition) is 6. The molecule has 9 unspecified atom stereocenters. The Morgan fingerprint density at radius 3 is 1.70 bits per heavy atom. The third kappa shape index (κ3) is 14.7. The largest absolute Gasteiger partial charge is 0.394 e. The molecule has 0 aromatic heterocycles. The van der Waals surface area contributed by atoms with E-state index in [1.54, 1.807) is 13.4 Å². The van der Waals surface area contributed by atoms with Crippen LogP contribution >= 0.6 is 11.8 Å². The van der Waals surface area contributed by atoms with Gasteiger partial charge in [0.25, 0.3) is 0 Å². The summed E-state index contributed by atoms with van der Waals surface area (Å²) in [5.41, 5.74) is -0.601. The summed E-state index contributed by atoms with van der Waals surface area (Å²) in [6.45, 7) is 1.56. The van der Waals surface area contributed by atoms with Crippen LogP contribution in [0.3, 0.4) is 0 Å². The molecule has 1 saturated heterocycles. The number of aliphatic hydroxyl groups excluding tert-OH is 6. The zero-order valence-corrected chi connectivity index (χ0v) is 35.1. The zero-order chi connectivity index (χ0) is 18.4. The van der Waals surface area contributed by atoms with Gasteiger partial charge in [0.05, 0.1) is 24.9 Å². The van der Waals surface area contributed by atoms with Gasteiger partial charge in [-0.15, -0.1) is 11.8 Å². The fourth-order valence-electron chi connectivity index (χ4n) is 2.89. The normalized spacial score (nSPS) is 36.9. The van der Waals surface area contributed by atoms with Gasteiger partial charge < -0.3 is 40.1 Å². The Morgan fingerprint density at radius 1 is 0.833 bits per heavy atom. The molecule has 1 aliphatic carbocycles. The number of rotatable bonds is 3. The van der Waals surface area contributed by atoms with Gasteiger partial charge in [0.2, 0.25) is 0 Å². The van der Waals surface area contributed by atoms with Crippen LogP contribution in [0.25, 0.3) is 0 Å². The first-order valence-electron chi connectivity index (χ1n) is 7.99. The van der Waals surface area contributed by atoms with Crippen LogP contribution in [0, 0.1) is 5.92 Å². The molecule has 8 nitrogen and oxygen atoms in total. The smallest absolute Gasteiger partial charge is 0.132 e. The summed E-state index contributed by atoms with van der Waals surface area (Å²) in [6, 6.07) is 0. The van der Waals surface area contributed by atoms with Crippen molar-refractivity contribution in [1.82, 2.24) is 0 Å². The van der Waals surface area contributed by atoms with E-state index in [0.717, 1.165) is 6.42 Å². The maximum Gasteiger partial charge on any atom is 0.132 e. The van der Waals surface area contributed by atoms with Crippen LogP contribution in [0.5, 0.6) is 0 Å². The van der Waals surface area contributed by atoms with Gasteiger partial charge >= 0.3 is 0 Å². The Bertz CT molecular complexity index is 350. The summed E-state index contributed by atoms with van der Waals surface area (Å²) < 4.78 is 10.2. The van der Waals surface area contributed by atoms with Crippen molar-refractivity contribution in [2.45, 2.75) is 67.9 Å². The molecule has 1 aliphatic heterocycles. The number of hydrogen-bond acceptors (Lipinski definition) is 9. The van der Waals surface area contributed by atoms with Crippen LogP contribution in [0.2, 0.25) is 0 Å². The van der Waals surface area contributed by atoms with Crippen molar-refractivity contribution < 1.29 is 167 Å². The van der Waals surface area contributed by atoms with E-state index in [2.05, 4.69) is 0 Å². The molecule has 0 aromatic carbocycles. The molecule has 0 spiro atoms. The van der Waals surface area contributed by atoms with Crippen LogP contribution in [0.15, 0.2) is 0 Å². The zero-order valence-electron chi connectivity index (χ0n) is 16.7. The topological polar surface area (TPSA) is 140 Å². The standard InChI is InChI=1S/C8H16O3.C7H14O5S.6W/c1-5-3-6(11-2)4-7(9)8(5)10;1-13-7-6(11)5(10)4(9)3(2-8)12-7;;;;;;/h5-10H,3-4H2,1-2H3;3-11H,2H2,1H3;;;;;;. The molecule has 15 heteroatoms. The Labute approximate surface area is 268 Å². The molecule has 0 radical (unpaired) electrons. The summed E-state index contributed by atoms with van der Waals surface area (Å²) in [7, 11) is 1.64. The van der Waals surface area contributed by atoms with Crippen molar-refractivity contribution in [2.24, 2.45) is 5.92 Å². The third-order valence-corrected chi connectivity index (χ3v) is 5.38. The first kappa shape index (κ1) is 47.4. The van der Waals surface area contributed by atoms with Crippen molar-refractivity contribution in [2.75, 3.05) is 20.0 Å². The molecule has 1 saturated carbocycles. The van der Waals surface area contributed by atoms with Gasteiger partial charge in [0.1, 0.15) is 29.9 Å². The molecule has 180 valence electrons. The Kier molecular flexibility index (Phi) is 39.2. The van der Waals surface area contributed by atoms with Crippen molar-refractivity contribution in [3.8, 4) is 0 Å². The van der Waals surface area contributed by atoms with E-state index < -0.39 is 42.1 Å². The molecule has 0 bridgehead atoms. The van der Waals surface area contributed by atoms with Crippen molar-refractivity contribution in [3.05, 3.63) is 0 Å². The molecular weight excluding hydrogens is 1440 g/mol. The Balaban J connectivity index is -0.0000000806. The fraction of sp³-hybridized carbons (Fsp3) is 1.00. The molecule has 2 aliphatic rings. The van der Waals surface area contributed by atoms with Crippen molar-refractivity contribution in [1.29, 1.82) is 0 Å². The van der Waals surface area contributed by atoms with E-state index in [1.165, 1.54) is 11.8 Å². The van der Waals surface area contributed by atoms with Gasteiger partial charge in [-0.25, -0.2) is 0 Å². The predicted octanol–water partition coefficient (Wildman–Crippen LogP) is -1.71. The van der Waals surface area contributed by atoms with Crippen LogP contribution in [0.1, 0.15) is 19.8 Å². The van der Waals surface area contributed by atoms with Crippen LogP contribution in [-0.4, -0.2) is 98.8 Å². The maximum atomic E-state index is 9.38. The van der Waals surface area contributed by atoms with Gasteiger partial charge in [-0.05, 0) is 18.6 Å². The maximum absolute atomic E-state index is 9.38. The predicted molar refractivity (Wildman–Crippen MR) is 88.5 cm³/mol. The second-order valence-corrected chi connectivity index (χ2v) is 7.23. The molecule has 9 atom stereocenters. The van der Waals surface area contributed by atoms with E-state index in [4.69, 9.17) is 14.6 Å². The summed E-state index contributed by atoms with van der Waals surface area (Å²) in [6.07, 6.45) is -2.38. The van der Waals surface area contributed by atoms with Gasteiger partial charge in [-0.1, -0.05) is 6.92 Å². The van der Waals surface area contributed by atoms with E-state index in [-0.39, 0.29) is 145 Å². The number of methoxy groups -OCH3 is 1. The Morgan fingerprint density at radius 2 is 1.33 bits per heavy atom. The second kappa shape index (κ2) is 24.8. The van der Waals surface area contributed by atoms with Gasteiger partial charge in [0, 0.05) is 140 Å². The molecule has 30 heavy (non-hydrogen) atoms. The minimum absolute atomic E-state index is 0. The number of aliphatic hydroxyl groups is 6. The van der Waals surface area contributed by atoms with Gasteiger partial charge in [-0.3, -0.25) is 0 Å². The minimum Gasteiger partial charge on any atom is -0.394 e. The third-order valence-electron chi connectivity index (χ3n) is 4.53. The van der Waals surface area contributed by atoms with E-state index in [1.807, 2.05) is 6.92 Å². The molecule has 0 amide bonds. The first-order valence-corrected chi connectivity index (χ1v) is 9.27. The van der Waals surface area contributed by atoms with Crippen LogP contribution < -0.4 is 0 Å². The summed E-state index contributed by atoms with van der Waals surface area (Å²) >= 11 is 1.22. The van der Waals surface area contributed by atoms with E-state index in [0.29, 0.717) is 6.42 Å². The quantitative estimate of drug-likeness (QED) is 0.195. The van der Waals surface area contributed by atoms with Crippen molar-refractivity contribution >= 4 is 11.8 Å². The van der Waals surface area contributed by atoms with Crippen LogP contribution in [0.4, 0.5) is 0 Å². The molecule has 0 aromatic rings. The summed E-state index contributed by atoms with van der Waals surface area (Å²) in [5, 5.41) is 55.5. The van der Waals surface area contributed by atoms with Crippen LogP contribution in [-0.2, 0) is 136 Å². The first-order chi connectivity index (χ1) is 11.3. The minimum atomic E-state index is -1.26. The van der Waals surface area contributed by atoms with Gasteiger partial charge in [0.15, 0.2) is 0 Å². The second-order valence-electron chi connectivity index (χ2n) is 6.30. The average molecular weight is 1470 g/mol. The van der Waals surface area contributed by atoms with E-state index in [9.17, 15) is 25.5 Å². The molecule has 1 heterocycles. The fourth-order valence-corrected chi connectivity index (χ4v) is 3.59. The molecule has 2 rings (SSSR count). The Hall–Kier alpha value is 4.16. The summed E-state index contributed by atoms with van der Waals surface area (Å²) in [4.78, 5) is 0. The monoisotopic (exact) mass is 1470 g/mol. The summed E-state index contributed by atoms with van der Waals surface area (Å²) in [5.74, 6) is 0.142.